The minimum absolute atomic E-state index is 0.136. The second-order valence-corrected chi connectivity index (χ2v) is 8.17. The lowest BCUT2D eigenvalue weighted by Crippen LogP contribution is -2.37. The number of ether oxygens (including phenoxy) is 2. The quantitative estimate of drug-likeness (QED) is 0.553. The summed E-state index contributed by atoms with van der Waals surface area (Å²) in [4.78, 5) is 23.0. The Hall–Kier alpha value is -3.76. The summed E-state index contributed by atoms with van der Waals surface area (Å²) in [5, 5.41) is 11.1. The largest absolute Gasteiger partial charge is 0.542 e. The van der Waals surface area contributed by atoms with E-state index in [1.165, 1.54) is 6.07 Å². The van der Waals surface area contributed by atoms with Gasteiger partial charge < -0.3 is 23.9 Å². The fourth-order valence-electron chi connectivity index (χ4n) is 2.68. The molecule has 0 unspecified atom stereocenters. The highest BCUT2D eigenvalue weighted by atomic mass is 19.4. The number of rotatable bonds is 7. The number of carbonyl (C=O) groups excluding carboxylic acids is 1. The minimum atomic E-state index is -5.19. The molecule has 2 heterocycles. The number of hydrogen-bond acceptors (Lipinski definition) is 6. The summed E-state index contributed by atoms with van der Waals surface area (Å²) in [5.41, 5.74) is 1.44. The second kappa shape index (κ2) is 10.9. The van der Waals surface area contributed by atoms with Crippen LogP contribution in [0.1, 0.15) is 33.3 Å². The van der Waals surface area contributed by atoms with Crippen molar-refractivity contribution in [2.75, 3.05) is 6.61 Å². The second-order valence-electron chi connectivity index (χ2n) is 8.17. The van der Waals surface area contributed by atoms with Crippen molar-refractivity contribution in [1.29, 1.82) is 0 Å². The van der Waals surface area contributed by atoms with Gasteiger partial charge in [-0.15, -0.1) is 0 Å². The lowest BCUT2D eigenvalue weighted by atomic mass is 9.85. The molecule has 0 aliphatic carbocycles. The first-order valence-electron chi connectivity index (χ1n) is 10.2. The first kappa shape index (κ1) is 26.5. The van der Waals surface area contributed by atoms with E-state index < -0.39 is 12.1 Å². The summed E-state index contributed by atoms with van der Waals surface area (Å²) in [6.07, 6.45) is -3.32. The lowest BCUT2D eigenvalue weighted by molar-refractivity contribution is -0.394. The molecule has 0 spiro atoms. The summed E-state index contributed by atoms with van der Waals surface area (Å²) in [5.74, 6) is -1.03. The van der Waals surface area contributed by atoms with Crippen LogP contribution in [0.15, 0.2) is 58.0 Å². The first-order chi connectivity index (χ1) is 15.8. The zero-order valence-electron chi connectivity index (χ0n) is 19.0. The third kappa shape index (κ3) is 7.98. The maximum Gasteiger partial charge on any atom is 0.430 e. The molecule has 2 N–H and O–H groups in total. The van der Waals surface area contributed by atoms with E-state index in [-0.39, 0.29) is 17.1 Å². The molecular formula is C23H25F3N2O6. The number of carboxylic acids is 1. The van der Waals surface area contributed by atoms with Crippen LogP contribution in [-0.4, -0.2) is 30.0 Å². The Bertz CT molecular complexity index is 1130. The molecule has 0 saturated carbocycles. The molecule has 2 aromatic heterocycles. The number of aromatic amines is 2. The number of benzene rings is 1. The van der Waals surface area contributed by atoms with E-state index in [4.69, 9.17) is 23.9 Å². The molecule has 184 valence electrons. The van der Waals surface area contributed by atoms with Crippen LogP contribution in [0.25, 0.3) is 11.3 Å². The Morgan fingerprint density at radius 2 is 1.85 bits per heavy atom. The van der Waals surface area contributed by atoms with Crippen molar-refractivity contribution in [3.63, 3.8) is 0 Å². The maximum atomic E-state index is 11.2. The molecule has 1 aromatic carbocycles. The molecule has 0 amide bonds. The van der Waals surface area contributed by atoms with Gasteiger partial charge in [-0.3, -0.25) is 4.79 Å². The highest BCUT2D eigenvalue weighted by Crippen LogP contribution is 2.27. The highest BCUT2D eigenvalue weighted by molar-refractivity contribution is 5.70. The van der Waals surface area contributed by atoms with Crippen molar-refractivity contribution in [3.8, 4) is 23.0 Å². The van der Waals surface area contributed by atoms with Crippen molar-refractivity contribution in [2.45, 2.75) is 45.4 Å². The number of halogens is 3. The van der Waals surface area contributed by atoms with E-state index in [0.717, 1.165) is 16.9 Å². The standard InChI is InChI=1S/C21H24N2O4.C2HF3O2/c1-14(2)26-17-7-5-6-16(10-17)21(3,4)13-25-20-9-8-15(12-22-20)18-11-19(24)23-27-18;3-2(4,5)1(6)7/h5-12,14H,13H2,1-4H3,(H,23,24);(H,6,7). The summed E-state index contributed by atoms with van der Waals surface area (Å²) < 4.78 is 48.4. The van der Waals surface area contributed by atoms with Gasteiger partial charge in [0.05, 0.1) is 23.8 Å². The van der Waals surface area contributed by atoms with Gasteiger partial charge in [-0.05, 0) is 37.6 Å². The fourth-order valence-corrected chi connectivity index (χ4v) is 2.68. The van der Waals surface area contributed by atoms with Crippen LogP contribution in [0.2, 0.25) is 0 Å². The summed E-state index contributed by atoms with van der Waals surface area (Å²) in [6, 6.07) is 13.2. The third-order valence-electron chi connectivity index (χ3n) is 4.40. The van der Waals surface area contributed by atoms with E-state index in [1.807, 2.05) is 38.1 Å². The van der Waals surface area contributed by atoms with Crippen LogP contribution in [0.5, 0.6) is 11.6 Å². The van der Waals surface area contributed by atoms with Gasteiger partial charge in [-0.25, -0.2) is 0 Å². The molecule has 3 rings (SSSR count). The summed E-state index contributed by atoms with van der Waals surface area (Å²) in [7, 11) is 0. The van der Waals surface area contributed by atoms with Gasteiger partial charge in [0.15, 0.2) is 12.0 Å². The van der Waals surface area contributed by atoms with Gasteiger partial charge in [0.25, 0.3) is 5.56 Å². The summed E-state index contributed by atoms with van der Waals surface area (Å²) in [6.45, 7) is 8.78. The van der Waals surface area contributed by atoms with Crippen molar-refractivity contribution in [1.82, 2.24) is 5.16 Å². The van der Waals surface area contributed by atoms with Crippen LogP contribution in [0, 0.1) is 0 Å². The molecule has 0 aliphatic rings. The Morgan fingerprint density at radius 3 is 2.35 bits per heavy atom. The first-order valence-corrected chi connectivity index (χ1v) is 10.2. The molecule has 0 fully saturated rings. The van der Waals surface area contributed by atoms with Crippen LogP contribution in [0.4, 0.5) is 13.2 Å². The van der Waals surface area contributed by atoms with Gasteiger partial charge in [-0.2, -0.15) is 23.3 Å². The third-order valence-corrected chi connectivity index (χ3v) is 4.40. The van der Waals surface area contributed by atoms with Gasteiger partial charge in [0, 0.05) is 5.41 Å². The van der Waals surface area contributed by atoms with Crippen molar-refractivity contribution >= 4 is 5.97 Å². The lowest BCUT2D eigenvalue weighted by Gasteiger charge is -2.25. The van der Waals surface area contributed by atoms with Crippen molar-refractivity contribution in [3.05, 3.63) is 64.6 Å². The van der Waals surface area contributed by atoms with E-state index in [1.54, 1.807) is 6.20 Å². The van der Waals surface area contributed by atoms with Gasteiger partial charge >= 0.3 is 12.1 Å². The zero-order valence-corrected chi connectivity index (χ0v) is 19.0. The van der Waals surface area contributed by atoms with Crippen LogP contribution < -0.4 is 25.1 Å². The molecule has 11 heteroatoms. The number of H-pyrrole nitrogens is 2. The highest BCUT2D eigenvalue weighted by Gasteiger charge is 2.28. The number of carbonyl (C=O) groups is 1. The predicted octanol–water partition coefficient (Wildman–Crippen LogP) is 2.89. The van der Waals surface area contributed by atoms with Gasteiger partial charge in [0.1, 0.15) is 18.3 Å². The molecule has 34 heavy (non-hydrogen) atoms. The molecule has 0 saturated heterocycles. The van der Waals surface area contributed by atoms with E-state index >= 15 is 0 Å². The Morgan fingerprint density at radius 1 is 1.18 bits per heavy atom. The zero-order chi connectivity index (χ0) is 25.5. The van der Waals surface area contributed by atoms with Crippen molar-refractivity contribution < 1.29 is 42.1 Å². The fraction of sp³-hybridized carbons (Fsp3) is 0.348. The number of pyridine rings is 1. The summed E-state index contributed by atoms with van der Waals surface area (Å²) >= 11 is 0. The number of nitrogens with one attached hydrogen (secondary N) is 2. The topological polar surface area (TPSA) is 119 Å². The number of aromatic nitrogens is 2. The Kier molecular flexibility index (Phi) is 8.50. The molecule has 0 radical (unpaired) electrons. The predicted molar refractivity (Wildman–Crippen MR) is 113 cm³/mol. The van der Waals surface area contributed by atoms with Gasteiger partial charge in [0.2, 0.25) is 0 Å². The monoisotopic (exact) mass is 482 g/mol. The van der Waals surface area contributed by atoms with Gasteiger partial charge in [-0.1, -0.05) is 26.0 Å². The van der Waals surface area contributed by atoms with Crippen LogP contribution in [0.3, 0.4) is 0 Å². The smallest absolute Gasteiger partial charge is 0.430 e. The number of alkyl halides is 3. The molecular weight excluding hydrogens is 457 g/mol. The average Bonchev–Trinajstić information content (AvgIpc) is 3.18. The van der Waals surface area contributed by atoms with Crippen LogP contribution in [-0.2, 0) is 10.2 Å². The van der Waals surface area contributed by atoms with E-state index in [0.29, 0.717) is 18.2 Å². The number of hydrogen-bond donors (Lipinski definition) is 1. The maximum absolute atomic E-state index is 11.2. The average molecular weight is 482 g/mol. The Balaban J connectivity index is 0.000000509. The van der Waals surface area contributed by atoms with Crippen molar-refractivity contribution in [2.24, 2.45) is 0 Å². The molecule has 0 aliphatic heterocycles. The number of aliphatic carboxylic acids is 1. The molecule has 8 nitrogen and oxygen atoms in total. The van der Waals surface area contributed by atoms with E-state index in [2.05, 4.69) is 36.1 Å². The SMILES string of the molecule is CC(C)Oc1cccc(C(C)(C)COc2ccc(-c3cc(=O)[nH]o3)c[nH+]2)c1.O=C([O-])C(F)(F)F. The normalized spacial score (nSPS) is 11.5. The molecule has 0 atom stereocenters. The Labute approximate surface area is 193 Å². The molecule has 0 bridgehead atoms. The molecule has 3 aromatic rings. The van der Waals surface area contributed by atoms with Crippen LogP contribution >= 0.6 is 0 Å². The minimum Gasteiger partial charge on any atom is -0.542 e. The van der Waals surface area contributed by atoms with E-state index in [9.17, 15) is 18.0 Å². The number of carboxylic acid groups (broad SMARTS) is 1.